The first-order chi connectivity index (χ1) is 12.5. The first-order valence-corrected chi connectivity index (χ1v) is 7.77. The van der Waals surface area contributed by atoms with Crippen LogP contribution in [0.2, 0.25) is 0 Å². The molecule has 0 radical (unpaired) electrons. The summed E-state index contributed by atoms with van der Waals surface area (Å²) >= 11 is 0. The van der Waals surface area contributed by atoms with E-state index in [1.807, 2.05) is 0 Å². The second-order valence-electron chi connectivity index (χ2n) is 5.45. The summed E-state index contributed by atoms with van der Waals surface area (Å²) in [6, 6.07) is 11.7. The lowest BCUT2D eigenvalue weighted by atomic mass is 10.2. The van der Waals surface area contributed by atoms with Crippen molar-refractivity contribution < 1.29 is 18.5 Å². The number of carbonyl (C=O) groups is 1. The molecule has 7 nitrogen and oxygen atoms in total. The van der Waals surface area contributed by atoms with Crippen LogP contribution in [0, 0.1) is 15.9 Å². The SMILES string of the molecule is O=C(CCc1ncc(-c2ccccc2F)o1)Nc1ccc([N+](=O)[O-])cc1. The van der Waals surface area contributed by atoms with Gasteiger partial charge in [-0.3, -0.25) is 14.9 Å². The molecule has 1 N–H and O–H groups in total. The molecular formula is C18H14FN3O4. The summed E-state index contributed by atoms with van der Waals surface area (Å²) in [6.07, 6.45) is 1.77. The maximum atomic E-state index is 13.7. The summed E-state index contributed by atoms with van der Waals surface area (Å²) in [5, 5.41) is 13.2. The Hall–Kier alpha value is -3.55. The Bertz CT molecular complexity index is 938. The quantitative estimate of drug-likeness (QED) is 0.533. The first-order valence-electron chi connectivity index (χ1n) is 7.77. The van der Waals surface area contributed by atoms with Gasteiger partial charge in [0.05, 0.1) is 16.7 Å². The number of hydrogen-bond donors (Lipinski definition) is 1. The number of halogens is 1. The van der Waals surface area contributed by atoms with Crippen LogP contribution in [-0.4, -0.2) is 15.8 Å². The summed E-state index contributed by atoms with van der Waals surface area (Å²) in [7, 11) is 0. The van der Waals surface area contributed by atoms with E-state index in [0.29, 0.717) is 22.9 Å². The summed E-state index contributed by atoms with van der Waals surface area (Å²) in [6.45, 7) is 0. The van der Waals surface area contributed by atoms with Crippen molar-refractivity contribution in [3.8, 4) is 11.3 Å². The predicted octanol–water partition coefficient (Wildman–Crippen LogP) is 3.96. The largest absolute Gasteiger partial charge is 0.441 e. The number of aromatic nitrogens is 1. The van der Waals surface area contributed by atoms with Crippen LogP contribution in [0.15, 0.2) is 59.1 Å². The van der Waals surface area contributed by atoms with Crippen molar-refractivity contribution in [1.82, 2.24) is 4.98 Å². The second-order valence-corrected chi connectivity index (χ2v) is 5.45. The van der Waals surface area contributed by atoms with Gasteiger partial charge in [-0.15, -0.1) is 0 Å². The number of nitrogens with one attached hydrogen (secondary N) is 1. The number of amides is 1. The van der Waals surface area contributed by atoms with Gasteiger partial charge < -0.3 is 9.73 Å². The summed E-state index contributed by atoms with van der Waals surface area (Å²) < 4.78 is 19.2. The van der Waals surface area contributed by atoms with Crippen molar-refractivity contribution in [3.63, 3.8) is 0 Å². The number of non-ortho nitro benzene ring substituents is 1. The minimum atomic E-state index is -0.513. The number of aryl methyl sites for hydroxylation is 1. The van der Waals surface area contributed by atoms with Crippen molar-refractivity contribution in [2.75, 3.05) is 5.32 Å². The molecule has 1 amide bonds. The maximum Gasteiger partial charge on any atom is 0.269 e. The van der Waals surface area contributed by atoms with Crippen LogP contribution in [-0.2, 0) is 11.2 Å². The zero-order chi connectivity index (χ0) is 18.5. The minimum absolute atomic E-state index is 0.0524. The highest BCUT2D eigenvalue weighted by atomic mass is 19.1. The monoisotopic (exact) mass is 355 g/mol. The van der Waals surface area contributed by atoms with Crippen LogP contribution in [0.1, 0.15) is 12.3 Å². The lowest BCUT2D eigenvalue weighted by Gasteiger charge is -2.03. The van der Waals surface area contributed by atoms with Crippen LogP contribution in [0.4, 0.5) is 15.8 Å². The molecule has 8 heteroatoms. The van der Waals surface area contributed by atoms with Crippen LogP contribution >= 0.6 is 0 Å². The van der Waals surface area contributed by atoms with Crippen LogP contribution in [0.5, 0.6) is 0 Å². The fourth-order valence-corrected chi connectivity index (χ4v) is 2.32. The van der Waals surface area contributed by atoms with E-state index in [-0.39, 0.29) is 24.4 Å². The van der Waals surface area contributed by atoms with Crippen molar-refractivity contribution in [3.05, 3.63) is 76.6 Å². The third kappa shape index (κ3) is 4.10. The molecule has 0 saturated carbocycles. The number of carbonyl (C=O) groups excluding carboxylic acids is 1. The van der Waals surface area contributed by atoms with Gasteiger partial charge >= 0.3 is 0 Å². The van der Waals surface area contributed by atoms with E-state index in [0.717, 1.165) is 0 Å². The topological polar surface area (TPSA) is 98.3 Å². The molecule has 0 atom stereocenters. The van der Waals surface area contributed by atoms with E-state index in [1.165, 1.54) is 36.5 Å². The second kappa shape index (κ2) is 7.56. The van der Waals surface area contributed by atoms with Gasteiger partial charge in [0.1, 0.15) is 5.82 Å². The Morgan fingerprint density at radius 2 is 1.92 bits per heavy atom. The lowest BCUT2D eigenvalue weighted by molar-refractivity contribution is -0.384. The highest BCUT2D eigenvalue weighted by Gasteiger charge is 2.12. The molecule has 3 rings (SSSR count). The van der Waals surface area contributed by atoms with Crippen LogP contribution in [0.3, 0.4) is 0 Å². The third-order valence-corrected chi connectivity index (χ3v) is 3.62. The van der Waals surface area contributed by atoms with E-state index in [1.54, 1.807) is 18.2 Å². The lowest BCUT2D eigenvalue weighted by Crippen LogP contribution is -2.12. The predicted molar refractivity (Wildman–Crippen MR) is 91.9 cm³/mol. The molecule has 0 spiro atoms. The highest BCUT2D eigenvalue weighted by Crippen LogP contribution is 2.23. The number of benzene rings is 2. The van der Waals surface area contributed by atoms with Gasteiger partial charge in [-0.2, -0.15) is 0 Å². The molecule has 0 aliphatic rings. The van der Waals surface area contributed by atoms with E-state index in [9.17, 15) is 19.3 Å². The molecular weight excluding hydrogens is 341 g/mol. The molecule has 0 bridgehead atoms. The Kier molecular flexibility index (Phi) is 5.02. The Labute approximate surface area is 147 Å². The van der Waals surface area contributed by atoms with E-state index in [2.05, 4.69) is 10.3 Å². The van der Waals surface area contributed by atoms with E-state index in [4.69, 9.17) is 4.42 Å². The zero-order valence-corrected chi connectivity index (χ0v) is 13.5. The molecule has 0 aliphatic heterocycles. The molecule has 3 aromatic rings. The van der Waals surface area contributed by atoms with Crippen LogP contribution in [0.25, 0.3) is 11.3 Å². The standard InChI is InChI=1S/C18H14FN3O4/c19-15-4-2-1-3-14(15)16-11-20-18(26-16)10-9-17(23)21-12-5-7-13(8-6-12)22(24)25/h1-8,11H,9-10H2,(H,21,23). The maximum absolute atomic E-state index is 13.7. The fourth-order valence-electron chi connectivity index (χ4n) is 2.32. The Morgan fingerprint density at radius 1 is 1.19 bits per heavy atom. The Morgan fingerprint density at radius 3 is 2.62 bits per heavy atom. The molecule has 0 saturated heterocycles. The molecule has 0 fully saturated rings. The van der Waals surface area contributed by atoms with Crippen molar-refractivity contribution >= 4 is 17.3 Å². The van der Waals surface area contributed by atoms with Gasteiger partial charge in [-0.25, -0.2) is 9.37 Å². The molecule has 1 aromatic heterocycles. The normalized spacial score (nSPS) is 10.5. The third-order valence-electron chi connectivity index (χ3n) is 3.62. The van der Waals surface area contributed by atoms with Gasteiger partial charge in [0.2, 0.25) is 5.91 Å². The van der Waals surface area contributed by atoms with E-state index < -0.39 is 10.7 Å². The summed E-state index contributed by atoms with van der Waals surface area (Å²) in [4.78, 5) is 26.1. The van der Waals surface area contributed by atoms with Gasteiger partial charge in [0.25, 0.3) is 5.69 Å². The number of nitro benzene ring substituents is 1. The summed E-state index contributed by atoms with van der Waals surface area (Å²) in [5.41, 5.74) is 0.713. The molecule has 0 unspecified atom stereocenters. The first kappa shape index (κ1) is 17.3. The van der Waals surface area contributed by atoms with Gasteiger partial charge in [-0.1, -0.05) is 12.1 Å². The van der Waals surface area contributed by atoms with Gasteiger partial charge in [0.15, 0.2) is 11.7 Å². The smallest absolute Gasteiger partial charge is 0.269 e. The number of rotatable bonds is 6. The van der Waals surface area contributed by atoms with E-state index >= 15 is 0 Å². The molecule has 26 heavy (non-hydrogen) atoms. The zero-order valence-electron chi connectivity index (χ0n) is 13.5. The number of nitro groups is 1. The highest BCUT2D eigenvalue weighted by molar-refractivity contribution is 5.90. The average Bonchev–Trinajstić information content (AvgIpc) is 3.09. The molecule has 132 valence electrons. The molecule has 0 aliphatic carbocycles. The molecule has 2 aromatic carbocycles. The summed E-state index contributed by atoms with van der Waals surface area (Å²) in [5.74, 6) is -0.0772. The van der Waals surface area contributed by atoms with Gasteiger partial charge in [0, 0.05) is 30.7 Å². The minimum Gasteiger partial charge on any atom is -0.441 e. The fraction of sp³-hybridized carbons (Fsp3) is 0.111. The number of nitrogens with zero attached hydrogens (tertiary/aromatic N) is 2. The average molecular weight is 355 g/mol. The number of anilines is 1. The van der Waals surface area contributed by atoms with Crippen molar-refractivity contribution in [2.45, 2.75) is 12.8 Å². The van der Waals surface area contributed by atoms with Crippen molar-refractivity contribution in [1.29, 1.82) is 0 Å². The Balaban J connectivity index is 1.56. The van der Waals surface area contributed by atoms with Crippen molar-refractivity contribution in [2.24, 2.45) is 0 Å². The van der Waals surface area contributed by atoms with Crippen LogP contribution < -0.4 is 5.32 Å². The number of hydrogen-bond acceptors (Lipinski definition) is 5. The van der Waals surface area contributed by atoms with Gasteiger partial charge in [-0.05, 0) is 24.3 Å². The number of oxazole rings is 1. The molecule has 1 heterocycles.